The highest BCUT2D eigenvalue weighted by Gasteiger charge is 2.78. The Bertz CT molecular complexity index is 964. The molecule has 2 unspecified atom stereocenters. The van der Waals surface area contributed by atoms with Crippen molar-refractivity contribution in [2.75, 3.05) is 43.1 Å². The van der Waals surface area contributed by atoms with Crippen molar-refractivity contribution in [1.82, 2.24) is 4.90 Å². The molecule has 2 bridgehead atoms. The van der Waals surface area contributed by atoms with E-state index in [0.29, 0.717) is 24.9 Å². The van der Waals surface area contributed by atoms with Crippen molar-refractivity contribution in [3.8, 4) is 0 Å². The summed E-state index contributed by atoms with van der Waals surface area (Å²) in [5.74, 6) is -2.61. The number of anilines is 2. The highest BCUT2D eigenvalue weighted by atomic mass is 16.6. The van der Waals surface area contributed by atoms with Gasteiger partial charge in [0.15, 0.2) is 0 Å². The van der Waals surface area contributed by atoms with E-state index in [1.54, 1.807) is 6.92 Å². The number of esters is 1. The van der Waals surface area contributed by atoms with Crippen LogP contribution in [0.4, 0.5) is 11.4 Å². The number of carbonyl (C=O) groups is 3. The summed E-state index contributed by atoms with van der Waals surface area (Å²) in [5.41, 5.74) is -0.250. The van der Waals surface area contributed by atoms with Crippen LogP contribution in [0.2, 0.25) is 0 Å². The third-order valence-electron chi connectivity index (χ3n) is 7.89. The minimum Gasteiger partial charge on any atom is -0.466 e. The van der Waals surface area contributed by atoms with Crippen LogP contribution in [-0.2, 0) is 23.9 Å². The highest BCUT2D eigenvalue weighted by Crippen LogP contribution is 2.63. The number of likely N-dealkylation sites (tertiary alicyclic amines) is 1. The lowest BCUT2D eigenvalue weighted by atomic mass is 9.66. The number of hydrogen-bond acceptors (Lipinski definition) is 7. The van der Waals surface area contributed by atoms with Gasteiger partial charge in [0.05, 0.1) is 18.1 Å². The Balaban J connectivity index is 1.64. The van der Waals surface area contributed by atoms with Gasteiger partial charge in [-0.1, -0.05) is 0 Å². The van der Waals surface area contributed by atoms with Crippen LogP contribution in [0.15, 0.2) is 24.3 Å². The number of amides is 2. The summed E-state index contributed by atoms with van der Waals surface area (Å²) in [6, 6.07) is 6.73. The number of aliphatic hydroxyl groups excluding tert-OH is 1. The molecule has 3 aliphatic rings. The van der Waals surface area contributed by atoms with Gasteiger partial charge < -0.3 is 29.7 Å². The van der Waals surface area contributed by atoms with Gasteiger partial charge in [-0.05, 0) is 71.2 Å². The van der Waals surface area contributed by atoms with Gasteiger partial charge in [-0.2, -0.15) is 0 Å². The molecular weight excluding hydrogens is 450 g/mol. The second kappa shape index (κ2) is 9.78. The van der Waals surface area contributed by atoms with E-state index >= 15 is 0 Å². The van der Waals surface area contributed by atoms with Crippen LogP contribution in [0, 0.1) is 11.8 Å². The Kier molecular flexibility index (Phi) is 7.11. The molecular formula is C26H37N3O6. The van der Waals surface area contributed by atoms with Crippen molar-refractivity contribution in [3.63, 3.8) is 0 Å². The molecule has 3 saturated heterocycles. The topological polar surface area (TPSA) is 108 Å². The van der Waals surface area contributed by atoms with Crippen molar-refractivity contribution in [2.45, 2.75) is 64.2 Å². The molecule has 1 aromatic carbocycles. The van der Waals surface area contributed by atoms with Crippen molar-refractivity contribution in [2.24, 2.45) is 11.8 Å². The van der Waals surface area contributed by atoms with Crippen LogP contribution in [0.25, 0.3) is 0 Å². The van der Waals surface area contributed by atoms with E-state index in [2.05, 4.69) is 24.1 Å². The number of ether oxygens (including phenoxy) is 2. The summed E-state index contributed by atoms with van der Waals surface area (Å²) in [4.78, 5) is 44.0. The summed E-state index contributed by atoms with van der Waals surface area (Å²) in [7, 11) is 0. The summed E-state index contributed by atoms with van der Waals surface area (Å²) < 4.78 is 11.8. The average Bonchev–Trinajstić information content (AvgIpc) is 3.40. The van der Waals surface area contributed by atoms with Gasteiger partial charge in [0.2, 0.25) is 11.8 Å². The number of nitrogens with one attached hydrogen (secondary N) is 1. The number of hydrogen-bond donors (Lipinski definition) is 2. The Morgan fingerprint density at radius 2 is 1.89 bits per heavy atom. The molecule has 9 heteroatoms. The van der Waals surface area contributed by atoms with Crippen molar-refractivity contribution in [1.29, 1.82) is 0 Å². The van der Waals surface area contributed by atoms with E-state index in [-0.39, 0.29) is 31.6 Å². The minimum atomic E-state index is -1.09. The van der Waals surface area contributed by atoms with Crippen LogP contribution in [-0.4, -0.2) is 77.9 Å². The first-order valence-electron chi connectivity index (χ1n) is 12.7. The lowest BCUT2D eigenvalue weighted by Gasteiger charge is -2.33. The van der Waals surface area contributed by atoms with Gasteiger partial charge >= 0.3 is 5.97 Å². The zero-order valence-corrected chi connectivity index (χ0v) is 21.1. The Hall–Kier alpha value is -2.65. The number of benzene rings is 1. The normalized spacial score (nSPS) is 30.9. The summed E-state index contributed by atoms with van der Waals surface area (Å²) in [5, 5.41) is 12.4. The maximum atomic E-state index is 13.7. The van der Waals surface area contributed by atoms with Gasteiger partial charge in [0, 0.05) is 37.6 Å². The van der Waals surface area contributed by atoms with Crippen LogP contribution in [0.1, 0.15) is 47.0 Å². The van der Waals surface area contributed by atoms with Gasteiger partial charge in [0.1, 0.15) is 17.6 Å². The fourth-order valence-electron chi connectivity index (χ4n) is 6.35. The highest BCUT2D eigenvalue weighted by molar-refractivity contribution is 6.03. The van der Waals surface area contributed by atoms with E-state index in [1.165, 1.54) is 4.90 Å². The van der Waals surface area contributed by atoms with Crippen molar-refractivity contribution in [3.05, 3.63) is 24.3 Å². The molecule has 3 fully saturated rings. The first-order chi connectivity index (χ1) is 16.8. The third kappa shape index (κ3) is 4.08. The van der Waals surface area contributed by atoms with Crippen LogP contribution >= 0.6 is 0 Å². The van der Waals surface area contributed by atoms with Crippen LogP contribution in [0.5, 0.6) is 0 Å². The van der Waals surface area contributed by atoms with E-state index in [4.69, 9.17) is 9.47 Å². The third-order valence-corrected chi connectivity index (χ3v) is 7.89. The molecule has 1 aromatic rings. The predicted molar refractivity (Wildman–Crippen MR) is 131 cm³/mol. The monoisotopic (exact) mass is 487 g/mol. The first-order valence-corrected chi connectivity index (χ1v) is 12.7. The van der Waals surface area contributed by atoms with E-state index in [9.17, 15) is 19.5 Å². The number of rotatable bonds is 10. The van der Waals surface area contributed by atoms with Gasteiger partial charge in [-0.15, -0.1) is 0 Å². The largest absolute Gasteiger partial charge is 0.466 e. The van der Waals surface area contributed by atoms with E-state index < -0.39 is 35.0 Å². The molecule has 0 radical (unpaired) electrons. The maximum absolute atomic E-state index is 13.7. The lowest BCUT2D eigenvalue weighted by molar-refractivity contribution is -0.159. The predicted octanol–water partition coefficient (Wildman–Crippen LogP) is 2.18. The molecule has 5 atom stereocenters. The molecule has 0 aromatic heterocycles. The first kappa shape index (κ1) is 25.4. The summed E-state index contributed by atoms with van der Waals surface area (Å²) in [6.45, 7) is 9.83. The molecule has 3 aliphatic heterocycles. The van der Waals surface area contributed by atoms with Crippen LogP contribution < -0.4 is 10.2 Å². The standard InChI is InChI=1S/C26H37N3O6/c1-5-28(6-2)18-11-9-17(10-12-18)27-22(31)21-26-14-13-25(4,35-26)20(24(33)34-7-3)19(26)23(32)29(21)15-8-16-30/h9-12,19-21,30H,5-8,13-16H2,1-4H3,(H,27,31)/t19-,20-,21?,25+,26?/m0/s1. The molecule has 9 nitrogen and oxygen atoms in total. The molecule has 35 heavy (non-hydrogen) atoms. The zero-order chi connectivity index (χ0) is 25.4. The van der Waals surface area contributed by atoms with Gasteiger partial charge in [-0.3, -0.25) is 14.4 Å². The molecule has 2 amide bonds. The number of nitrogens with zero attached hydrogens (tertiary/aromatic N) is 2. The number of carbonyl (C=O) groups excluding carboxylic acids is 3. The summed E-state index contributed by atoms with van der Waals surface area (Å²) >= 11 is 0. The lowest BCUT2D eigenvalue weighted by Crippen LogP contribution is -2.53. The van der Waals surface area contributed by atoms with E-state index in [0.717, 1.165) is 18.8 Å². The maximum Gasteiger partial charge on any atom is 0.312 e. The Labute approximate surface area is 206 Å². The summed E-state index contributed by atoms with van der Waals surface area (Å²) in [6.07, 6.45) is 1.40. The van der Waals surface area contributed by atoms with E-state index in [1.807, 2.05) is 31.2 Å². The van der Waals surface area contributed by atoms with Crippen molar-refractivity contribution < 1.29 is 29.0 Å². The fourth-order valence-corrected chi connectivity index (χ4v) is 6.35. The van der Waals surface area contributed by atoms with Crippen molar-refractivity contribution >= 4 is 29.2 Å². The molecule has 0 aliphatic carbocycles. The van der Waals surface area contributed by atoms with Gasteiger partial charge in [-0.25, -0.2) is 0 Å². The molecule has 192 valence electrons. The number of aliphatic hydroxyl groups is 1. The molecule has 2 N–H and O–H groups in total. The Morgan fingerprint density at radius 1 is 1.20 bits per heavy atom. The number of fused-ring (bicyclic) bond motifs is 1. The minimum absolute atomic E-state index is 0.109. The second-order valence-corrected chi connectivity index (χ2v) is 9.80. The quantitative estimate of drug-likeness (QED) is 0.487. The molecule has 3 heterocycles. The average molecular weight is 488 g/mol. The fraction of sp³-hybridized carbons (Fsp3) is 0.654. The molecule has 1 spiro atoms. The van der Waals surface area contributed by atoms with Gasteiger partial charge in [0.25, 0.3) is 0 Å². The molecule has 4 rings (SSSR count). The second-order valence-electron chi connectivity index (χ2n) is 9.80. The SMILES string of the molecule is CCOC(=O)[C@@H]1[C@H]2C(=O)N(CCCO)C(C(=O)Nc3ccc(N(CC)CC)cc3)C23CC[C@@]1(C)O3. The molecule has 0 saturated carbocycles. The zero-order valence-electron chi connectivity index (χ0n) is 21.1. The smallest absolute Gasteiger partial charge is 0.312 e. The van der Waals surface area contributed by atoms with Crippen LogP contribution in [0.3, 0.4) is 0 Å². The Morgan fingerprint density at radius 3 is 2.49 bits per heavy atom.